The van der Waals surface area contributed by atoms with E-state index in [-0.39, 0.29) is 18.5 Å². The molecule has 1 unspecified atom stereocenters. The van der Waals surface area contributed by atoms with Crippen molar-refractivity contribution in [1.29, 1.82) is 0 Å². The lowest BCUT2D eigenvalue weighted by molar-refractivity contribution is -0.142. The highest BCUT2D eigenvalue weighted by molar-refractivity contribution is 9.12. The van der Waals surface area contributed by atoms with E-state index in [9.17, 15) is 4.79 Å². The number of carbonyl (C=O) groups excluding carboxylic acids is 1. The quantitative estimate of drug-likeness (QED) is 0.519. The third-order valence-electron chi connectivity index (χ3n) is 3.22. The molecule has 1 N–H and O–H groups in total. The van der Waals surface area contributed by atoms with Crippen molar-refractivity contribution in [2.75, 3.05) is 13.7 Å². The molecular formula is C18H24BrNO3. The van der Waals surface area contributed by atoms with Gasteiger partial charge in [0.2, 0.25) is 0 Å². The van der Waals surface area contributed by atoms with Crippen LogP contribution in [0, 0.1) is 0 Å². The van der Waals surface area contributed by atoms with Gasteiger partial charge in [-0.1, -0.05) is 31.7 Å². The van der Waals surface area contributed by atoms with E-state index in [0.717, 1.165) is 22.2 Å². The Labute approximate surface area is 146 Å². The van der Waals surface area contributed by atoms with E-state index in [4.69, 9.17) is 9.47 Å². The molecule has 0 spiro atoms. The number of allylic oxidation sites excluding steroid dienone is 1. The second kappa shape index (κ2) is 10.1. The van der Waals surface area contributed by atoms with Gasteiger partial charge in [-0.05, 0) is 41.4 Å². The molecule has 0 heterocycles. The summed E-state index contributed by atoms with van der Waals surface area (Å²) in [6.07, 6.45) is 2.83. The number of hydrogen-bond donors (Lipinski definition) is 1. The summed E-state index contributed by atoms with van der Waals surface area (Å²) in [4.78, 5) is 11.7. The third-order valence-corrected chi connectivity index (χ3v) is 3.96. The van der Waals surface area contributed by atoms with Gasteiger partial charge in [0, 0.05) is 22.8 Å². The van der Waals surface area contributed by atoms with Crippen LogP contribution in [0.25, 0.3) is 0 Å². The molecule has 0 saturated heterocycles. The van der Waals surface area contributed by atoms with Gasteiger partial charge in [0.05, 0.1) is 13.0 Å². The first-order chi connectivity index (χ1) is 11.0. The van der Waals surface area contributed by atoms with Crippen LogP contribution < -0.4 is 10.1 Å². The van der Waals surface area contributed by atoms with Crippen molar-refractivity contribution in [2.45, 2.75) is 32.8 Å². The number of hydrogen-bond acceptors (Lipinski definition) is 4. The Balaban J connectivity index is 2.89. The molecule has 0 amide bonds. The van der Waals surface area contributed by atoms with Gasteiger partial charge in [-0.25, -0.2) is 0 Å². The highest BCUT2D eigenvalue weighted by atomic mass is 79.9. The molecule has 0 aromatic heterocycles. The zero-order chi connectivity index (χ0) is 17.2. The minimum atomic E-state index is -0.253. The Hall–Kier alpha value is -1.75. The fourth-order valence-electron chi connectivity index (χ4n) is 1.91. The normalized spacial score (nSPS) is 12.4. The largest absolute Gasteiger partial charge is 0.486 e. The van der Waals surface area contributed by atoms with Crippen LogP contribution in [0.15, 0.2) is 47.1 Å². The number of rotatable bonds is 9. The number of ether oxygens (including phenoxy) is 2. The fourth-order valence-corrected chi connectivity index (χ4v) is 2.41. The lowest BCUT2D eigenvalue weighted by Crippen LogP contribution is -2.16. The number of nitrogens with one attached hydrogen (secondary N) is 1. The first-order valence-electron chi connectivity index (χ1n) is 7.66. The van der Waals surface area contributed by atoms with Gasteiger partial charge in [-0.2, -0.15) is 0 Å². The number of para-hydroxylation sites is 1. The Morgan fingerprint density at radius 3 is 2.70 bits per heavy atom. The monoisotopic (exact) mass is 381 g/mol. The Morgan fingerprint density at radius 1 is 1.39 bits per heavy atom. The maximum Gasteiger partial charge on any atom is 0.310 e. The van der Waals surface area contributed by atoms with Gasteiger partial charge in [0.15, 0.2) is 0 Å². The fraction of sp³-hybridized carbons (Fsp3) is 0.389. The van der Waals surface area contributed by atoms with Gasteiger partial charge < -0.3 is 14.8 Å². The topological polar surface area (TPSA) is 47.6 Å². The molecule has 0 radical (unpaired) electrons. The number of benzene rings is 1. The van der Waals surface area contributed by atoms with Crippen LogP contribution in [0.4, 0.5) is 0 Å². The molecule has 1 aromatic rings. The molecule has 1 rings (SSSR count). The Bertz CT molecular complexity index is 569. The van der Waals surface area contributed by atoms with Crippen molar-refractivity contribution in [2.24, 2.45) is 0 Å². The predicted molar refractivity (Wildman–Crippen MR) is 96.7 cm³/mol. The minimum Gasteiger partial charge on any atom is -0.486 e. The van der Waals surface area contributed by atoms with Gasteiger partial charge in [0.1, 0.15) is 11.9 Å². The summed E-state index contributed by atoms with van der Waals surface area (Å²) >= 11 is 3.48. The summed E-state index contributed by atoms with van der Waals surface area (Å²) in [5.41, 5.74) is 1.60. The number of esters is 1. The minimum absolute atomic E-state index is 0.127. The van der Waals surface area contributed by atoms with Crippen LogP contribution in [-0.2, 0) is 16.0 Å². The van der Waals surface area contributed by atoms with Crippen LogP contribution in [0.5, 0.6) is 5.75 Å². The summed E-state index contributed by atoms with van der Waals surface area (Å²) in [6, 6.07) is 7.52. The zero-order valence-corrected chi connectivity index (χ0v) is 15.5. The van der Waals surface area contributed by atoms with Crippen molar-refractivity contribution in [3.8, 4) is 5.75 Å². The number of carbonyl (C=O) groups is 1. The molecule has 0 bridgehead atoms. The van der Waals surface area contributed by atoms with Gasteiger partial charge in [-0.15, -0.1) is 0 Å². The molecule has 0 aliphatic carbocycles. The molecular weight excluding hydrogens is 358 g/mol. The summed E-state index contributed by atoms with van der Waals surface area (Å²) in [7, 11) is 1.81. The standard InChI is InChI=1S/C18H24BrNO3/c1-5-15(12-16(19)13(3)20-4)23-17-10-8-7-9-14(17)11-18(21)22-6-2/h7-10,12,15,20H,3,5-6,11H2,1-2,4H3/b16-12+. The summed E-state index contributed by atoms with van der Waals surface area (Å²) < 4.78 is 11.9. The first kappa shape index (κ1) is 19.3. The highest BCUT2D eigenvalue weighted by Crippen LogP contribution is 2.23. The molecule has 4 nitrogen and oxygen atoms in total. The molecule has 0 saturated carbocycles. The molecule has 1 atom stereocenters. The second-order valence-corrected chi connectivity index (χ2v) is 5.75. The van der Waals surface area contributed by atoms with E-state index in [0.29, 0.717) is 12.4 Å². The molecule has 0 aliphatic rings. The van der Waals surface area contributed by atoms with Crippen LogP contribution in [-0.4, -0.2) is 25.7 Å². The molecule has 0 aliphatic heterocycles. The van der Waals surface area contributed by atoms with Crippen LogP contribution in [0.1, 0.15) is 25.8 Å². The molecule has 126 valence electrons. The molecule has 23 heavy (non-hydrogen) atoms. The number of likely N-dealkylation sites (N-methyl/N-ethyl adjacent to an activating group) is 1. The van der Waals surface area contributed by atoms with Gasteiger partial charge in [-0.3, -0.25) is 4.79 Å². The van der Waals surface area contributed by atoms with Crippen LogP contribution >= 0.6 is 15.9 Å². The van der Waals surface area contributed by atoms with Crippen LogP contribution in [0.2, 0.25) is 0 Å². The summed E-state index contributed by atoms with van der Waals surface area (Å²) in [5.74, 6) is 0.441. The zero-order valence-electron chi connectivity index (χ0n) is 13.9. The second-order valence-electron chi connectivity index (χ2n) is 4.90. The lowest BCUT2D eigenvalue weighted by Gasteiger charge is -2.18. The first-order valence-corrected chi connectivity index (χ1v) is 8.45. The lowest BCUT2D eigenvalue weighted by atomic mass is 10.1. The molecule has 1 aromatic carbocycles. The number of halogens is 1. The van der Waals surface area contributed by atoms with Crippen LogP contribution in [0.3, 0.4) is 0 Å². The SMILES string of the molecule is C=C(NC)/C(Br)=C\C(CC)Oc1ccccc1CC(=O)OCC. The van der Waals surface area contributed by atoms with E-state index >= 15 is 0 Å². The van der Waals surface area contributed by atoms with E-state index in [1.165, 1.54) is 0 Å². The third kappa shape index (κ3) is 6.48. The van der Waals surface area contributed by atoms with E-state index in [1.807, 2.05) is 44.3 Å². The summed E-state index contributed by atoms with van der Waals surface area (Å²) in [6.45, 7) is 8.11. The van der Waals surface area contributed by atoms with E-state index in [2.05, 4.69) is 27.8 Å². The maximum absolute atomic E-state index is 11.7. The Kier molecular flexibility index (Phi) is 8.48. The smallest absolute Gasteiger partial charge is 0.310 e. The van der Waals surface area contributed by atoms with Gasteiger partial charge >= 0.3 is 5.97 Å². The highest BCUT2D eigenvalue weighted by Gasteiger charge is 2.13. The van der Waals surface area contributed by atoms with E-state index in [1.54, 1.807) is 6.92 Å². The Morgan fingerprint density at radius 2 is 2.09 bits per heavy atom. The predicted octanol–water partition coefficient (Wildman–Crippen LogP) is 3.96. The van der Waals surface area contributed by atoms with Crippen molar-refractivity contribution < 1.29 is 14.3 Å². The van der Waals surface area contributed by atoms with Crippen molar-refractivity contribution in [3.05, 3.63) is 52.7 Å². The van der Waals surface area contributed by atoms with Crippen molar-refractivity contribution in [1.82, 2.24) is 5.32 Å². The van der Waals surface area contributed by atoms with E-state index < -0.39 is 0 Å². The molecule has 0 fully saturated rings. The van der Waals surface area contributed by atoms with Crippen molar-refractivity contribution >= 4 is 21.9 Å². The summed E-state index contributed by atoms with van der Waals surface area (Å²) in [5, 5.41) is 2.98. The molecule has 5 heteroatoms. The van der Waals surface area contributed by atoms with Gasteiger partial charge in [0.25, 0.3) is 0 Å². The average molecular weight is 382 g/mol. The average Bonchev–Trinajstić information content (AvgIpc) is 2.55. The van der Waals surface area contributed by atoms with Crippen molar-refractivity contribution in [3.63, 3.8) is 0 Å². The maximum atomic E-state index is 11.7.